The Morgan fingerprint density at radius 3 is 2.70 bits per heavy atom. The van der Waals surface area contributed by atoms with Gasteiger partial charge in [-0.1, -0.05) is 6.07 Å². The third kappa shape index (κ3) is 4.98. The van der Waals surface area contributed by atoms with Crippen molar-refractivity contribution in [2.45, 2.75) is 31.3 Å². The van der Waals surface area contributed by atoms with Crippen molar-refractivity contribution in [3.8, 4) is 5.75 Å². The second-order valence-corrected chi connectivity index (χ2v) is 5.09. The summed E-state index contributed by atoms with van der Waals surface area (Å²) in [5.74, 6) is -0.330. The van der Waals surface area contributed by atoms with E-state index in [1.165, 1.54) is 19.2 Å². The van der Waals surface area contributed by atoms with Gasteiger partial charge >= 0.3 is 6.18 Å². The Bertz CT molecular complexity index is 555. The fourth-order valence-corrected chi connectivity index (χ4v) is 2.32. The SMILES string of the molecule is COc1ccc(CNC(=O)C2CC(O)CN2)c(C(F)(F)F)c1.Cl. The Hall–Kier alpha value is -1.51. The average molecular weight is 355 g/mol. The molecule has 2 atom stereocenters. The molecule has 9 heteroatoms. The minimum Gasteiger partial charge on any atom is -0.497 e. The average Bonchev–Trinajstić information content (AvgIpc) is 2.90. The predicted octanol–water partition coefficient (Wildman–Crippen LogP) is 1.47. The molecule has 0 aliphatic carbocycles. The van der Waals surface area contributed by atoms with Gasteiger partial charge in [0.2, 0.25) is 5.91 Å². The van der Waals surface area contributed by atoms with Gasteiger partial charge in [0.15, 0.2) is 0 Å². The number of carbonyl (C=O) groups is 1. The van der Waals surface area contributed by atoms with Crippen molar-refractivity contribution in [1.82, 2.24) is 10.6 Å². The molecule has 3 N–H and O–H groups in total. The lowest BCUT2D eigenvalue weighted by Crippen LogP contribution is -2.40. The summed E-state index contributed by atoms with van der Waals surface area (Å²) in [6, 6.07) is 3.01. The highest BCUT2D eigenvalue weighted by Gasteiger charge is 2.34. The highest BCUT2D eigenvalue weighted by Crippen LogP contribution is 2.34. The van der Waals surface area contributed by atoms with E-state index in [9.17, 15) is 23.1 Å². The van der Waals surface area contributed by atoms with Gasteiger partial charge in [0, 0.05) is 13.1 Å². The number of ether oxygens (including phenoxy) is 1. The molecule has 2 rings (SSSR count). The molecule has 1 heterocycles. The van der Waals surface area contributed by atoms with E-state index in [1.54, 1.807) is 0 Å². The Morgan fingerprint density at radius 1 is 1.48 bits per heavy atom. The van der Waals surface area contributed by atoms with Crippen molar-refractivity contribution in [1.29, 1.82) is 0 Å². The number of benzene rings is 1. The largest absolute Gasteiger partial charge is 0.497 e. The predicted molar refractivity (Wildman–Crippen MR) is 79.5 cm³/mol. The van der Waals surface area contributed by atoms with Crippen molar-refractivity contribution in [3.63, 3.8) is 0 Å². The standard InChI is InChI=1S/C14H17F3N2O3.ClH/c1-22-10-3-2-8(11(5-10)14(15,16)17)6-19-13(21)12-4-9(20)7-18-12;/h2-3,5,9,12,18,20H,4,6-7H2,1H3,(H,19,21);1H. The van der Waals surface area contributed by atoms with Crippen LogP contribution in [0.1, 0.15) is 17.5 Å². The zero-order valence-electron chi connectivity index (χ0n) is 12.3. The summed E-state index contributed by atoms with van der Waals surface area (Å²) in [6.07, 6.45) is -4.89. The molecule has 5 nitrogen and oxygen atoms in total. The van der Waals surface area contributed by atoms with Crippen LogP contribution < -0.4 is 15.4 Å². The number of carbonyl (C=O) groups excluding carboxylic acids is 1. The van der Waals surface area contributed by atoms with Gasteiger partial charge in [-0.2, -0.15) is 13.2 Å². The fourth-order valence-electron chi connectivity index (χ4n) is 2.32. The van der Waals surface area contributed by atoms with E-state index in [1.807, 2.05) is 0 Å². The topological polar surface area (TPSA) is 70.6 Å². The van der Waals surface area contributed by atoms with E-state index in [0.717, 1.165) is 6.07 Å². The number of methoxy groups -OCH3 is 1. The maximum absolute atomic E-state index is 13.0. The monoisotopic (exact) mass is 354 g/mol. The van der Waals surface area contributed by atoms with Crippen molar-refractivity contribution in [3.05, 3.63) is 29.3 Å². The first-order chi connectivity index (χ1) is 10.3. The molecule has 0 radical (unpaired) electrons. The molecule has 0 saturated carbocycles. The Kier molecular flexibility index (Phi) is 6.67. The van der Waals surface area contributed by atoms with Gasteiger partial charge in [-0.25, -0.2) is 0 Å². The van der Waals surface area contributed by atoms with Gasteiger partial charge in [0.25, 0.3) is 0 Å². The van der Waals surface area contributed by atoms with Crippen molar-refractivity contribution in [2.24, 2.45) is 0 Å². The molecule has 1 aromatic carbocycles. The maximum Gasteiger partial charge on any atom is 0.416 e. The number of aliphatic hydroxyl groups is 1. The van der Waals surface area contributed by atoms with E-state index >= 15 is 0 Å². The van der Waals surface area contributed by atoms with Gasteiger partial charge in [-0.15, -0.1) is 12.4 Å². The van der Waals surface area contributed by atoms with Crippen LogP contribution in [0.25, 0.3) is 0 Å². The number of β-amino-alcohol motifs (C(OH)–C–C–N with tert-alkyl or cyclic N) is 1. The zero-order chi connectivity index (χ0) is 16.3. The van der Waals surface area contributed by atoms with Crippen LogP contribution in [0, 0.1) is 0 Å². The summed E-state index contributed by atoms with van der Waals surface area (Å²) in [5.41, 5.74) is -0.883. The first kappa shape index (κ1) is 19.5. The number of amides is 1. The summed E-state index contributed by atoms with van der Waals surface area (Å²) in [7, 11) is 1.29. The summed E-state index contributed by atoms with van der Waals surface area (Å²) >= 11 is 0. The smallest absolute Gasteiger partial charge is 0.416 e. The van der Waals surface area contributed by atoms with E-state index in [-0.39, 0.29) is 36.7 Å². The minimum atomic E-state index is -4.53. The molecular weight excluding hydrogens is 337 g/mol. The van der Waals surface area contributed by atoms with Crippen LogP contribution in [-0.4, -0.2) is 36.8 Å². The van der Waals surface area contributed by atoms with Crippen molar-refractivity contribution >= 4 is 18.3 Å². The lowest BCUT2D eigenvalue weighted by molar-refractivity contribution is -0.138. The highest BCUT2D eigenvalue weighted by molar-refractivity contribution is 5.85. The lowest BCUT2D eigenvalue weighted by atomic mass is 10.1. The number of halogens is 4. The van der Waals surface area contributed by atoms with Gasteiger partial charge in [0.1, 0.15) is 5.75 Å². The lowest BCUT2D eigenvalue weighted by Gasteiger charge is -2.16. The number of rotatable bonds is 4. The molecule has 130 valence electrons. The summed E-state index contributed by atoms with van der Waals surface area (Å²) < 4.78 is 43.9. The van der Waals surface area contributed by atoms with Crippen LogP contribution >= 0.6 is 12.4 Å². The number of nitrogens with one attached hydrogen (secondary N) is 2. The van der Waals surface area contributed by atoms with Gasteiger partial charge in [-0.3, -0.25) is 4.79 Å². The summed E-state index contributed by atoms with van der Waals surface area (Å²) in [6.45, 7) is 0.0559. The van der Waals surface area contributed by atoms with Gasteiger partial charge in [-0.05, 0) is 24.1 Å². The zero-order valence-corrected chi connectivity index (χ0v) is 13.1. The molecule has 1 amide bonds. The van der Waals surface area contributed by atoms with E-state index in [2.05, 4.69) is 10.6 Å². The quantitative estimate of drug-likeness (QED) is 0.766. The molecule has 0 aromatic heterocycles. The van der Waals surface area contributed by atoms with Crippen LogP contribution in [0.4, 0.5) is 13.2 Å². The van der Waals surface area contributed by atoms with Crippen LogP contribution in [0.3, 0.4) is 0 Å². The second kappa shape index (κ2) is 7.85. The van der Waals surface area contributed by atoms with E-state index < -0.39 is 29.8 Å². The molecule has 0 bridgehead atoms. The number of hydrogen-bond donors (Lipinski definition) is 3. The third-order valence-corrected chi connectivity index (χ3v) is 3.50. The third-order valence-electron chi connectivity index (χ3n) is 3.50. The van der Waals surface area contributed by atoms with Gasteiger partial charge in [0.05, 0.1) is 24.8 Å². The molecule has 1 fully saturated rings. The molecule has 2 unspecified atom stereocenters. The second-order valence-electron chi connectivity index (χ2n) is 5.09. The Morgan fingerprint density at radius 2 is 2.17 bits per heavy atom. The molecule has 23 heavy (non-hydrogen) atoms. The molecule has 1 aliphatic rings. The number of alkyl halides is 3. The number of hydrogen-bond acceptors (Lipinski definition) is 4. The van der Waals surface area contributed by atoms with E-state index in [0.29, 0.717) is 6.54 Å². The molecule has 0 spiro atoms. The first-order valence-corrected chi connectivity index (χ1v) is 6.74. The molecule has 1 aromatic rings. The maximum atomic E-state index is 13.0. The van der Waals surface area contributed by atoms with Crippen LogP contribution in [-0.2, 0) is 17.5 Å². The van der Waals surface area contributed by atoms with Crippen LogP contribution in [0.5, 0.6) is 5.75 Å². The fraction of sp³-hybridized carbons (Fsp3) is 0.500. The molecule has 1 aliphatic heterocycles. The number of aliphatic hydroxyl groups excluding tert-OH is 1. The Balaban J connectivity index is 0.00000264. The summed E-state index contributed by atoms with van der Waals surface area (Å²) in [5, 5.41) is 14.6. The normalized spacial score (nSPS) is 20.7. The van der Waals surface area contributed by atoms with Gasteiger partial charge < -0.3 is 20.5 Å². The van der Waals surface area contributed by atoms with Crippen LogP contribution in [0.15, 0.2) is 18.2 Å². The molecule has 1 saturated heterocycles. The van der Waals surface area contributed by atoms with Crippen molar-refractivity contribution in [2.75, 3.05) is 13.7 Å². The highest BCUT2D eigenvalue weighted by atomic mass is 35.5. The summed E-state index contributed by atoms with van der Waals surface area (Å²) in [4.78, 5) is 11.9. The molecular formula is C14H18ClF3N2O3. The minimum absolute atomic E-state index is 0. The first-order valence-electron chi connectivity index (χ1n) is 6.74. The Labute approximate surface area is 137 Å². The van der Waals surface area contributed by atoms with Crippen LogP contribution in [0.2, 0.25) is 0 Å². The van der Waals surface area contributed by atoms with Crippen molar-refractivity contribution < 1.29 is 27.8 Å². The van der Waals surface area contributed by atoms with E-state index in [4.69, 9.17) is 4.74 Å².